The number of hydrogen-bond acceptors (Lipinski definition) is 2. The summed E-state index contributed by atoms with van der Waals surface area (Å²) in [4.78, 5) is 24.4. The molecule has 25 heavy (non-hydrogen) atoms. The minimum atomic E-state index is -0.310. The second-order valence-corrected chi connectivity index (χ2v) is 5.94. The molecule has 4 nitrogen and oxygen atoms in total. The monoisotopic (exact) mass is 332 g/mol. The molecule has 0 radical (unpaired) electrons. The Morgan fingerprint density at radius 2 is 1.64 bits per heavy atom. The number of benzene rings is 3. The van der Waals surface area contributed by atoms with Gasteiger partial charge in [-0.15, -0.1) is 0 Å². The highest BCUT2D eigenvalue weighted by molar-refractivity contribution is 6.00. The van der Waals surface area contributed by atoms with Crippen molar-refractivity contribution in [2.75, 3.05) is 12.4 Å². The van der Waals surface area contributed by atoms with Crippen LogP contribution in [0.2, 0.25) is 0 Å². The van der Waals surface area contributed by atoms with Gasteiger partial charge in [-0.05, 0) is 41.5 Å². The summed E-state index contributed by atoms with van der Waals surface area (Å²) in [5.74, 6) is -0.599. The Kier molecular flexibility index (Phi) is 4.80. The molecule has 4 heteroatoms. The van der Waals surface area contributed by atoms with E-state index < -0.39 is 0 Å². The molecule has 0 heterocycles. The zero-order chi connectivity index (χ0) is 17.8. The molecule has 0 fully saturated rings. The second-order valence-electron chi connectivity index (χ2n) is 5.94. The molecule has 0 aliphatic heterocycles. The van der Waals surface area contributed by atoms with E-state index in [1.807, 2.05) is 49.4 Å². The van der Waals surface area contributed by atoms with Gasteiger partial charge in [-0.1, -0.05) is 48.5 Å². The first-order valence-corrected chi connectivity index (χ1v) is 8.21. The van der Waals surface area contributed by atoms with E-state index in [-0.39, 0.29) is 17.7 Å². The topological polar surface area (TPSA) is 58.2 Å². The molecule has 0 saturated carbocycles. The van der Waals surface area contributed by atoms with Crippen LogP contribution in [0.25, 0.3) is 10.8 Å². The van der Waals surface area contributed by atoms with Crippen LogP contribution in [0.5, 0.6) is 0 Å². The van der Waals surface area contributed by atoms with Crippen molar-refractivity contribution < 1.29 is 9.59 Å². The van der Waals surface area contributed by atoms with Crippen LogP contribution in [0.3, 0.4) is 0 Å². The van der Waals surface area contributed by atoms with E-state index in [9.17, 15) is 9.59 Å². The van der Waals surface area contributed by atoms with E-state index >= 15 is 0 Å². The molecule has 3 rings (SSSR count). The van der Waals surface area contributed by atoms with Crippen LogP contribution in [0, 0.1) is 0 Å². The molecule has 1 atom stereocenters. The van der Waals surface area contributed by atoms with Gasteiger partial charge in [-0.3, -0.25) is 9.59 Å². The minimum Gasteiger partial charge on any atom is -0.355 e. The number of hydrogen-bond donors (Lipinski definition) is 2. The molecule has 2 N–H and O–H groups in total. The fourth-order valence-electron chi connectivity index (χ4n) is 2.90. The van der Waals surface area contributed by atoms with E-state index in [1.165, 1.54) is 0 Å². The number of amides is 2. The fraction of sp³-hybridized carbons (Fsp3) is 0.143. The Morgan fingerprint density at radius 3 is 2.44 bits per heavy atom. The number of rotatable bonds is 4. The third-order valence-corrected chi connectivity index (χ3v) is 4.30. The van der Waals surface area contributed by atoms with Gasteiger partial charge >= 0.3 is 0 Å². The number of carbonyl (C=O) groups excluding carboxylic acids is 2. The second kappa shape index (κ2) is 7.18. The van der Waals surface area contributed by atoms with E-state index in [2.05, 4.69) is 10.6 Å². The summed E-state index contributed by atoms with van der Waals surface area (Å²) in [5, 5.41) is 7.67. The van der Waals surface area contributed by atoms with Gasteiger partial charge in [0.2, 0.25) is 5.91 Å². The SMILES string of the molecule is CNC(=O)c1cccc(NC(=O)C(C)c2cccc3ccccc23)c1. The zero-order valence-corrected chi connectivity index (χ0v) is 14.2. The smallest absolute Gasteiger partial charge is 0.251 e. The first kappa shape index (κ1) is 16.7. The van der Waals surface area contributed by atoms with Crippen molar-refractivity contribution in [3.8, 4) is 0 Å². The molecule has 0 bridgehead atoms. The predicted octanol–water partition coefficient (Wildman–Crippen LogP) is 3.94. The highest BCUT2D eigenvalue weighted by Gasteiger charge is 2.18. The maximum atomic E-state index is 12.7. The Morgan fingerprint density at radius 1 is 0.920 bits per heavy atom. The molecule has 0 aliphatic carbocycles. The lowest BCUT2D eigenvalue weighted by atomic mass is 9.94. The standard InChI is InChI=1S/C21H20N2O2/c1-14(18-12-6-8-15-7-3-4-11-19(15)18)20(24)23-17-10-5-9-16(13-17)21(25)22-2/h3-14H,1-2H3,(H,22,25)(H,23,24). The lowest BCUT2D eigenvalue weighted by molar-refractivity contribution is -0.117. The number of fused-ring (bicyclic) bond motifs is 1. The van der Waals surface area contributed by atoms with Crippen LogP contribution in [0.4, 0.5) is 5.69 Å². The van der Waals surface area contributed by atoms with Crippen molar-refractivity contribution in [2.24, 2.45) is 0 Å². The van der Waals surface area contributed by atoms with Crippen LogP contribution < -0.4 is 10.6 Å². The molecule has 3 aromatic carbocycles. The summed E-state index contributed by atoms with van der Waals surface area (Å²) >= 11 is 0. The number of nitrogens with one attached hydrogen (secondary N) is 2. The highest BCUT2D eigenvalue weighted by Crippen LogP contribution is 2.26. The Bertz CT molecular complexity index is 929. The van der Waals surface area contributed by atoms with Gasteiger partial charge in [0.25, 0.3) is 5.91 Å². The zero-order valence-electron chi connectivity index (χ0n) is 14.2. The van der Waals surface area contributed by atoms with Crippen molar-refractivity contribution in [3.63, 3.8) is 0 Å². The van der Waals surface area contributed by atoms with Gasteiger partial charge in [0.15, 0.2) is 0 Å². The van der Waals surface area contributed by atoms with Crippen molar-refractivity contribution in [3.05, 3.63) is 77.9 Å². The van der Waals surface area contributed by atoms with Crippen LogP contribution in [0.15, 0.2) is 66.7 Å². The quantitative estimate of drug-likeness (QED) is 0.760. The minimum absolute atomic E-state index is 0.106. The fourth-order valence-corrected chi connectivity index (χ4v) is 2.90. The molecule has 0 spiro atoms. The normalized spacial score (nSPS) is 11.8. The van der Waals surface area contributed by atoms with Crippen LogP contribution in [-0.2, 0) is 4.79 Å². The Hall–Kier alpha value is -3.14. The molecule has 1 unspecified atom stereocenters. The molecular formula is C21H20N2O2. The van der Waals surface area contributed by atoms with E-state index in [0.717, 1.165) is 16.3 Å². The average Bonchev–Trinajstić information content (AvgIpc) is 2.66. The Labute approximate surface area is 146 Å². The van der Waals surface area contributed by atoms with Crippen molar-refractivity contribution >= 4 is 28.3 Å². The van der Waals surface area contributed by atoms with Crippen molar-refractivity contribution in [1.82, 2.24) is 5.32 Å². The maximum Gasteiger partial charge on any atom is 0.251 e. The van der Waals surface area contributed by atoms with Crippen LogP contribution >= 0.6 is 0 Å². The largest absolute Gasteiger partial charge is 0.355 e. The molecule has 126 valence electrons. The molecular weight excluding hydrogens is 312 g/mol. The predicted molar refractivity (Wildman–Crippen MR) is 101 cm³/mol. The molecule has 2 amide bonds. The van der Waals surface area contributed by atoms with Gasteiger partial charge in [0.05, 0.1) is 5.92 Å². The lowest BCUT2D eigenvalue weighted by Crippen LogP contribution is -2.20. The first-order valence-electron chi connectivity index (χ1n) is 8.21. The van der Waals surface area contributed by atoms with Gasteiger partial charge in [0, 0.05) is 18.3 Å². The summed E-state index contributed by atoms with van der Waals surface area (Å²) in [6, 6.07) is 20.9. The third kappa shape index (κ3) is 3.53. The molecule has 0 aliphatic rings. The maximum absolute atomic E-state index is 12.7. The van der Waals surface area contributed by atoms with Crippen LogP contribution in [-0.4, -0.2) is 18.9 Å². The van der Waals surface area contributed by atoms with Gasteiger partial charge in [0.1, 0.15) is 0 Å². The molecule has 3 aromatic rings. The van der Waals surface area contributed by atoms with Gasteiger partial charge in [-0.25, -0.2) is 0 Å². The number of carbonyl (C=O) groups is 2. The summed E-state index contributed by atoms with van der Waals surface area (Å²) < 4.78 is 0. The van der Waals surface area contributed by atoms with Crippen molar-refractivity contribution in [1.29, 1.82) is 0 Å². The Balaban J connectivity index is 1.84. The summed E-state index contributed by atoms with van der Waals surface area (Å²) in [6.45, 7) is 1.89. The molecule has 0 aromatic heterocycles. The summed E-state index contributed by atoms with van der Waals surface area (Å²) in [7, 11) is 1.58. The molecule has 0 saturated heterocycles. The highest BCUT2D eigenvalue weighted by atomic mass is 16.2. The number of anilines is 1. The summed E-state index contributed by atoms with van der Waals surface area (Å²) in [6.07, 6.45) is 0. The van der Waals surface area contributed by atoms with E-state index in [1.54, 1.807) is 31.3 Å². The van der Waals surface area contributed by atoms with Crippen LogP contribution in [0.1, 0.15) is 28.8 Å². The van der Waals surface area contributed by atoms with E-state index in [4.69, 9.17) is 0 Å². The first-order chi connectivity index (χ1) is 12.1. The average molecular weight is 332 g/mol. The van der Waals surface area contributed by atoms with Crippen molar-refractivity contribution in [2.45, 2.75) is 12.8 Å². The van der Waals surface area contributed by atoms with Gasteiger partial charge in [-0.2, -0.15) is 0 Å². The third-order valence-electron chi connectivity index (χ3n) is 4.30. The lowest BCUT2D eigenvalue weighted by Gasteiger charge is -2.15. The summed E-state index contributed by atoms with van der Waals surface area (Å²) in [5.41, 5.74) is 2.11. The van der Waals surface area contributed by atoms with E-state index in [0.29, 0.717) is 11.3 Å². The van der Waals surface area contributed by atoms with Gasteiger partial charge < -0.3 is 10.6 Å².